The average molecular weight is 336 g/mol. The van der Waals surface area contributed by atoms with Gasteiger partial charge in [0.05, 0.1) is 12.1 Å². The van der Waals surface area contributed by atoms with Gasteiger partial charge in [-0.3, -0.25) is 9.59 Å². The number of amides is 2. The summed E-state index contributed by atoms with van der Waals surface area (Å²) in [5.74, 6) is -0.0165. The normalized spacial score (nSPS) is 19.6. The number of hydrogen-bond donors (Lipinski definition) is 3. The maximum atomic E-state index is 12.4. The Hall–Kier alpha value is -3.02. The van der Waals surface area contributed by atoms with Gasteiger partial charge >= 0.3 is 0 Å². The minimum Gasteiger partial charge on any atom is -0.361 e. The van der Waals surface area contributed by atoms with Crippen LogP contribution in [0.3, 0.4) is 0 Å². The zero-order valence-corrected chi connectivity index (χ0v) is 14.0. The molecule has 25 heavy (non-hydrogen) atoms. The van der Waals surface area contributed by atoms with Crippen molar-refractivity contribution in [3.05, 3.63) is 59.2 Å². The molecule has 0 spiro atoms. The molecule has 0 radical (unpaired) electrons. The number of carbonyl (C=O) groups excluding carboxylic acids is 2. The second-order valence-corrected chi connectivity index (χ2v) is 6.41. The monoisotopic (exact) mass is 336 g/mol. The molecule has 2 heterocycles. The maximum Gasteiger partial charge on any atom is 0.255 e. The van der Waals surface area contributed by atoms with E-state index in [4.69, 9.17) is 0 Å². The lowest BCUT2D eigenvalue weighted by molar-refractivity contribution is -0.120. The SMILES string of the molecule is Cc1cccc2c1C(=O)NC(c1ccc(N3CCNC(=O)C3)cc1)N2. The Kier molecular flexibility index (Phi) is 3.80. The third-order valence-corrected chi connectivity index (χ3v) is 4.71. The molecule has 6 heteroatoms. The van der Waals surface area contributed by atoms with Gasteiger partial charge in [0, 0.05) is 24.5 Å². The highest BCUT2D eigenvalue weighted by Crippen LogP contribution is 2.29. The fraction of sp³-hybridized carbons (Fsp3) is 0.263. The molecule has 2 aliphatic heterocycles. The van der Waals surface area contributed by atoms with Gasteiger partial charge in [0.1, 0.15) is 6.17 Å². The molecule has 6 nitrogen and oxygen atoms in total. The zero-order chi connectivity index (χ0) is 17.4. The Bertz CT molecular complexity index is 832. The summed E-state index contributed by atoms with van der Waals surface area (Å²) >= 11 is 0. The molecule has 3 N–H and O–H groups in total. The fourth-order valence-electron chi connectivity index (χ4n) is 3.39. The zero-order valence-electron chi connectivity index (χ0n) is 14.0. The first-order valence-corrected chi connectivity index (χ1v) is 8.40. The molecular weight excluding hydrogens is 316 g/mol. The molecule has 1 saturated heterocycles. The van der Waals surface area contributed by atoms with Crippen molar-refractivity contribution in [1.29, 1.82) is 0 Å². The fourth-order valence-corrected chi connectivity index (χ4v) is 3.39. The highest BCUT2D eigenvalue weighted by molar-refractivity contribution is 6.03. The van der Waals surface area contributed by atoms with Crippen LogP contribution in [0.25, 0.3) is 0 Å². The van der Waals surface area contributed by atoms with Crippen molar-refractivity contribution in [3.63, 3.8) is 0 Å². The van der Waals surface area contributed by atoms with Crippen molar-refractivity contribution in [2.45, 2.75) is 13.1 Å². The summed E-state index contributed by atoms with van der Waals surface area (Å²) in [5.41, 5.74) is 4.50. The van der Waals surface area contributed by atoms with Gasteiger partial charge in [-0.05, 0) is 36.2 Å². The minimum atomic E-state index is -0.263. The molecule has 2 aromatic rings. The molecule has 0 saturated carbocycles. The molecule has 0 aliphatic carbocycles. The third kappa shape index (κ3) is 2.91. The van der Waals surface area contributed by atoms with Crippen LogP contribution in [0.15, 0.2) is 42.5 Å². The molecule has 128 valence electrons. The second kappa shape index (κ2) is 6.12. The quantitative estimate of drug-likeness (QED) is 0.782. The first-order chi connectivity index (χ1) is 12.1. The minimum absolute atomic E-state index is 0.0449. The van der Waals surface area contributed by atoms with Crippen LogP contribution in [0.2, 0.25) is 0 Å². The van der Waals surface area contributed by atoms with Crippen LogP contribution in [0, 0.1) is 6.92 Å². The standard InChI is InChI=1S/C19H20N4O2/c1-12-3-2-4-15-17(12)19(25)22-18(21-15)13-5-7-14(8-6-13)23-10-9-20-16(24)11-23/h2-8,18,21H,9-11H2,1H3,(H,20,24)(H,22,25). The van der Waals surface area contributed by atoms with E-state index >= 15 is 0 Å². The van der Waals surface area contributed by atoms with Crippen LogP contribution in [0.4, 0.5) is 11.4 Å². The van der Waals surface area contributed by atoms with Crippen LogP contribution in [0.5, 0.6) is 0 Å². The Morgan fingerprint density at radius 3 is 2.60 bits per heavy atom. The van der Waals surface area contributed by atoms with E-state index in [9.17, 15) is 9.59 Å². The third-order valence-electron chi connectivity index (χ3n) is 4.71. The van der Waals surface area contributed by atoms with Crippen molar-refractivity contribution in [1.82, 2.24) is 10.6 Å². The Balaban J connectivity index is 1.55. The van der Waals surface area contributed by atoms with Crippen LogP contribution in [0.1, 0.15) is 27.7 Å². The number of nitrogens with zero attached hydrogens (tertiary/aromatic N) is 1. The lowest BCUT2D eigenvalue weighted by Crippen LogP contribution is -2.47. The molecule has 2 aromatic carbocycles. The molecule has 2 aliphatic rings. The summed E-state index contributed by atoms with van der Waals surface area (Å²) in [6.07, 6.45) is -0.263. The molecular formula is C19H20N4O2. The van der Waals surface area contributed by atoms with Gasteiger partial charge in [-0.2, -0.15) is 0 Å². The van der Waals surface area contributed by atoms with Crippen LogP contribution < -0.4 is 20.9 Å². The van der Waals surface area contributed by atoms with E-state index in [0.29, 0.717) is 18.7 Å². The number of nitrogens with one attached hydrogen (secondary N) is 3. The van der Waals surface area contributed by atoms with Crippen molar-refractivity contribution in [2.75, 3.05) is 29.9 Å². The van der Waals surface area contributed by atoms with Gasteiger partial charge < -0.3 is 20.9 Å². The Labute approximate surface area is 146 Å². The van der Waals surface area contributed by atoms with Crippen molar-refractivity contribution >= 4 is 23.2 Å². The number of benzene rings is 2. The molecule has 1 fully saturated rings. The van der Waals surface area contributed by atoms with Crippen LogP contribution in [-0.2, 0) is 4.79 Å². The van der Waals surface area contributed by atoms with E-state index in [-0.39, 0.29) is 18.0 Å². The molecule has 1 atom stereocenters. The number of carbonyl (C=O) groups is 2. The van der Waals surface area contributed by atoms with E-state index < -0.39 is 0 Å². The number of rotatable bonds is 2. The summed E-state index contributed by atoms with van der Waals surface area (Å²) in [4.78, 5) is 26.0. The summed E-state index contributed by atoms with van der Waals surface area (Å²) in [6.45, 7) is 3.78. The first-order valence-electron chi connectivity index (χ1n) is 8.40. The predicted molar refractivity (Wildman–Crippen MR) is 96.7 cm³/mol. The van der Waals surface area contributed by atoms with E-state index in [1.807, 2.05) is 54.3 Å². The number of piperazine rings is 1. The van der Waals surface area contributed by atoms with Gasteiger partial charge in [-0.1, -0.05) is 24.3 Å². The van der Waals surface area contributed by atoms with E-state index in [1.54, 1.807) is 0 Å². The number of anilines is 2. The second-order valence-electron chi connectivity index (χ2n) is 6.41. The largest absolute Gasteiger partial charge is 0.361 e. The summed E-state index contributed by atoms with van der Waals surface area (Å²) in [6, 6.07) is 13.8. The van der Waals surface area contributed by atoms with Crippen molar-refractivity contribution < 1.29 is 9.59 Å². The maximum absolute atomic E-state index is 12.4. The van der Waals surface area contributed by atoms with E-state index in [0.717, 1.165) is 29.0 Å². The highest BCUT2D eigenvalue weighted by Gasteiger charge is 2.26. The van der Waals surface area contributed by atoms with Crippen molar-refractivity contribution in [3.8, 4) is 0 Å². The van der Waals surface area contributed by atoms with Crippen molar-refractivity contribution in [2.24, 2.45) is 0 Å². The van der Waals surface area contributed by atoms with Gasteiger partial charge in [0.25, 0.3) is 5.91 Å². The number of hydrogen-bond acceptors (Lipinski definition) is 4. The number of fused-ring (bicyclic) bond motifs is 1. The molecule has 1 unspecified atom stereocenters. The van der Waals surface area contributed by atoms with Gasteiger partial charge in [-0.15, -0.1) is 0 Å². The smallest absolute Gasteiger partial charge is 0.255 e. The predicted octanol–water partition coefficient (Wildman–Crippen LogP) is 1.79. The summed E-state index contributed by atoms with van der Waals surface area (Å²) in [7, 11) is 0. The summed E-state index contributed by atoms with van der Waals surface area (Å²) in [5, 5.41) is 9.21. The van der Waals surface area contributed by atoms with Gasteiger partial charge in [0.15, 0.2) is 0 Å². The van der Waals surface area contributed by atoms with Gasteiger partial charge in [-0.25, -0.2) is 0 Å². The Morgan fingerprint density at radius 1 is 1.04 bits per heavy atom. The molecule has 4 rings (SSSR count). The lowest BCUT2D eigenvalue weighted by atomic mass is 10.0. The highest BCUT2D eigenvalue weighted by atomic mass is 16.2. The van der Waals surface area contributed by atoms with E-state index in [1.165, 1.54) is 0 Å². The van der Waals surface area contributed by atoms with E-state index in [2.05, 4.69) is 16.0 Å². The lowest BCUT2D eigenvalue weighted by Gasteiger charge is -2.31. The molecule has 0 aromatic heterocycles. The van der Waals surface area contributed by atoms with Crippen LogP contribution in [-0.4, -0.2) is 31.4 Å². The molecule has 2 amide bonds. The Morgan fingerprint density at radius 2 is 1.84 bits per heavy atom. The van der Waals surface area contributed by atoms with Crippen LogP contribution >= 0.6 is 0 Å². The summed E-state index contributed by atoms with van der Waals surface area (Å²) < 4.78 is 0. The van der Waals surface area contributed by atoms with Gasteiger partial charge in [0.2, 0.25) is 5.91 Å². The topological polar surface area (TPSA) is 73.5 Å². The average Bonchev–Trinajstić information content (AvgIpc) is 2.61. The molecule has 0 bridgehead atoms. The number of aryl methyl sites for hydroxylation is 1. The first kappa shape index (κ1) is 15.5.